The molecule has 0 spiro atoms. The molecule has 0 aliphatic heterocycles. The monoisotopic (exact) mass is 256 g/mol. The van der Waals surface area contributed by atoms with Gasteiger partial charge in [-0.1, -0.05) is 5.92 Å². The molecule has 0 unspecified atom stereocenters. The maximum Gasteiger partial charge on any atom is 0.0258 e. The van der Waals surface area contributed by atoms with E-state index in [1.807, 2.05) is 6.92 Å². The molecule has 1 rings (SSSR count). The second-order valence-corrected chi connectivity index (χ2v) is 3.64. The molecule has 0 atom stereocenters. The highest BCUT2D eigenvalue weighted by Gasteiger charge is 1.91. The lowest BCUT2D eigenvalue weighted by atomic mass is 10.1. The molecule has 0 bridgehead atoms. The van der Waals surface area contributed by atoms with Gasteiger partial charge in [-0.3, -0.25) is 0 Å². The van der Waals surface area contributed by atoms with E-state index in [9.17, 15) is 0 Å². The zero-order valence-corrected chi connectivity index (χ0v) is 8.77. The van der Waals surface area contributed by atoms with Crippen molar-refractivity contribution in [1.29, 1.82) is 0 Å². The number of benzene rings is 1. The Balaban J connectivity index is 3.15. The molecule has 0 radical (unpaired) electrons. The second kappa shape index (κ2) is 3.77. The standard InChI is InChI=1S/C10H9I/c1-3-4-9-5-8(2)6-10(11)7-9/h5-7H,1-2H3. The number of halogens is 1. The predicted octanol–water partition coefficient (Wildman–Crippen LogP) is 2.97. The van der Waals surface area contributed by atoms with Crippen LogP contribution < -0.4 is 0 Å². The highest BCUT2D eigenvalue weighted by atomic mass is 127. The quantitative estimate of drug-likeness (QED) is 0.494. The van der Waals surface area contributed by atoms with Gasteiger partial charge >= 0.3 is 0 Å². The summed E-state index contributed by atoms with van der Waals surface area (Å²) < 4.78 is 1.25. The number of hydrogen-bond acceptors (Lipinski definition) is 0. The first-order valence-corrected chi connectivity index (χ1v) is 4.50. The van der Waals surface area contributed by atoms with Crippen LogP contribution in [0.15, 0.2) is 18.2 Å². The van der Waals surface area contributed by atoms with Crippen molar-refractivity contribution in [3.63, 3.8) is 0 Å². The van der Waals surface area contributed by atoms with Crippen LogP contribution >= 0.6 is 22.6 Å². The number of rotatable bonds is 0. The highest BCUT2D eigenvalue weighted by Crippen LogP contribution is 2.10. The minimum Gasteiger partial charge on any atom is -0.101 e. The molecule has 0 amide bonds. The fourth-order valence-electron chi connectivity index (χ4n) is 0.953. The Kier molecular flexibility index (Phi) is 2.95. The van der Waals surface area contributed by atoms with E-state index in [-0.39, 0.29) is 0 Å². The molecule has 0 nitrogen and oxygen atoms in total. The van der Waals surface area contributed by atoms with E-state index in [1.54, 1.807) is 0 Å². The van der Waals surface area contributed by atoms with Gasteiger partial charge in [0.05, 0.1) is 0 Å². The van der Waals surface area contributed by atoms with Gasteiger partial charge in [-0.05, 0) is 60.2 Å². The lowest BCUT2D eigenvalue weighted by Gasteiger charge is -1.95. The highest BCUT2D eigenvalue weighted by molar-refractivity contribution is 14.1. The van der Waals surface area contributed by atoms with Crippen LogP contribution in [0.25, 0.3) is 0 Å². The van der Waals surface area contributed by atoms with Crippen molar-refractivity contribution in [2.45, 2.75) is 13.8 Å². The van der Waals surface area contributed by atoms with Crippen molar-refractivity contribution in [3.8, 4) is 11.8 Å². The lowest BCUT2D eigenvalue weighted by molar-refractivity contribution is 1.43. The topological polar surface area (TPSA) is 0 Å². The van der Waals surface area contributed by atoms with Crippen molar-refractivity contribution in [2.75, 3.05) is 0 Å². The van der Waals surface area contributed by atoms with Gasteiger partial charge in [0.25, 0.3) is 0 Å². The summed E-state index contributed by atoms with van der Waals surface area (Å²) in [6.45, 7) is 3.94. The molecular weight excluding hydrogens is 247 g/mol. The molecule has 0 heterocycles. The fraction of sp³-hybridized carbons (Fsp3) is 0.200. The Morgan fingerprint density at radius 2 is 2.00 bits per heavy atom. The van der Waals surface area contributed by atoms with Gasteiger partial charge in [-0.15, -0.1) is 5.92 Å². The predicted molar refractivity (Wildman–Crippen MR) is 56.4 cm³/mol. The van der Waals surface area contributed by atoms with Crippen LogP contribution in [0.4, 0.5) is 0 Å². The van der Waals surface area contributed by atoms with Crippen molar-refractivity contribution < 1.29 is 0 Å². The van der Waals surface area contributed by atoms with E-state index in [0.29, 0.717) is 0 Å². The van der Waals surface area contributed by atoms with Gasteiger partial charge in [-0.25, -0.2) is 0 Å². The van der Waals surface area contributed by atoms with Crippen LogP contribution in [0, 0.1) is 22.3 Å². The van der Waals surface area contributed by atoms with Crippen molar-refractivity contribution in [1.82, 2.24) is 0 Å². The Morgan fingerprint density at radius 1 is 1.27 bits per heavy atom. The van der Waals surface area contributed by atoms with Crippen LogP contribution in [0.5, 0.6) is 0 Å². The summed E-state index contributed by atoms with van der Waals surface area (Å²) in [6, 6.07) is 6.32. The maximum absolute atomic E-state index is 3.03. The third-order valence-corrected chi connectivity index (χ3v) is 1.93. The first-order valence-electron chi connectivity index (χ1n) is 3.42. The molecule has 1 aromatic rings. The Bertz CT molecular complexity index is 295. The van der Waals surface area contributed by atoms with Crippen molar-refractivity contribution in [2.24, 2.45) is 0 Å². The molecule has 0 aliphatic carbocycles. The van der Waals surface area contributed by atoms with Crippen LogP contribution in [0.1, 0.15) is 18.1 Å². The fourth-order valence-corrected chi connectivity index (χ4v) is 1.78. The maximum atomic E-state index is 3.03. The van der Waals surface area contributed by atoms with Gasteiger partial charge in [0, 0.05) is 9.13 Å². The van der Waals surface area contributed by atoms with Crippen LogP contribution in [-0.4, -0.2) is 0 Å². The summed E-state index contributed by atoms with van der Waals surface area (Å²) >= 11 is 2.30. The van der Waals surface area contributed by atoms with Crippen LogP contribution in [0.2, 0.25) is 0 Å². The second-order valence-electron chi connectivity index (χ2n) is 2.39. The first-order chi connectivity index (χ1) is 5.22. The SMILES string of the molecule is CC#Cc1cc(C)cc(I)c1. The van der Waals surface area contributed by atoms with Gasteiger partial charge in [0.15, 0.2) is 0 Å². The lowest BCUT2D eigenvalue weighted by Crippen LogP contribution is -1.79. The Morgan fingerprint density at radius 3 is 2.55 bits per heavy atom. The van der Waals surface area contributed by atoms with E-state index >= 15 is 0 Å². The third kappa shape index (κ3) is 2.55. The molecule has 0 aromatic heterocycles. The minimum absolute atomic E-state index is 1.11. The normalized spacial score (nSPS) is 8.64. The molecule has 1 heteroatoms. The molecular formula is C10H9I. The first kappa shape index (κ1) is 8.61. The summed E-state index contributed by atoms with van der Waals surface area (Å²) in [6.07, 6.45) is 0. The van der Waals surface area contributed by atoms with E-state index in [2.05, 4.69) is 59.6 Å². The van der Waals surface area contributed by atoms with Gasteiger partial charge in [0.1, 0.15) is 0 Å². The van der Waals surface area contributed by atoms with Gasteiger partial charge in [-0.2, -0.15) is 0 Å². The Hall–Kier alpha value is -0.490. The zero-order chi connectivity index (χ0) is 8.27. The average Bonchev–Trinajstić information content (AvgIpc) is 1.85. The summed E-state index contributed by atoms with van der Waals surface area (Å²) in [7, 11) is 0. The molecule has 0 saturated carbocycles. The van der Waals surface area contributed by atoms with Crippen LogP contribution in [-0.2, 0) is 0 Å². The molecule has 11 heavy (non-hydrogen) atoms. The molecule has 56 valence electrons. The number of aryl methyl sites for hydroxylation is 1. The third-order valence-electron chi connectivity index (χ3n) is 1.31. The summed E-state index contributed by atoms with van der Waals surface area (Å²) in [5.41, 5.74) is 2.38. The van der Waals surface area contributed by atoms with Gasteiger partial charge < -0.3 is 0 Å². The Labute approximate surface area is 81.2 Å². The van der Waals surface area contributed by atoms with E-state index in [4.69, 9.17) is 0 Å². The zero-order valence-electron chi connectivity index (χ0n) is 6.61. The smallest absolute Gasteiger partial charge is 0.0258 e. The summed E-state index contributed by atoms with van der Waals surface area (Å²) in [5.74, 6) is 5.92. The molecule has 0 fully saturated rings. The van der Waals surface area contributed by atoms with Crippen molar-refractivity contribution in [3.05, 3.63) is 32.9 Å². The minimum atomic E-state index is 1.11. The molecule has 0 saturated heterocycles. The van der Waals surface area contributed by atoms with E-state index in [0.717, 1.165) is 5.56 Å². The molecule has 1 aromatic carbocycles. The largest absolute Gasteiger partial charge is 0.101 e. The van der Waals surface area contributed by atoms with E-state index in [1.165, 1.54) is 9.13 Å². The summed E-state index contributed by atoms with van der Waals surface area (Å²) in [5, 5.41) is 0. The number of hydrogen-bond donors (Lipinski definition) is 0. The average molecular weight is 256 g/mol. The van der Waals surface area contributed by atoms with E-state index < -0.39 is 0 Å². The molecule has 0 N–H and O–H groups in total. The summed E-state index contributed by atoms with van der Waals surface area (Å²) in [4.78, 5) is 0. The van der Waals surface area contributed by atoms with Crippen molar-refractivity contribution >= 4 is 22.6 Å². The van der Waals surface area contributed by atoms with Gasteiger partial charge in [0.2, 0.25) is 0 Å². The van der Waals surface area contributed by atoms with Crippen LogP contribution in [0.3, 0.4) is 0 Å². The molecule has 0 aliphatic rings.